The zero-order chi connectivity index (χ0) is 14.5. The summed E-state index contributed by atoms with van der Waals surface area (Å²) in [6.45, 7) is 2.51. The molecule has 0 radical (unpaired) electrons. The smallest absolute Gasteiger partial charge is 0.323 e. The fourth-order valence-electron chi connectivity index (χ4n) is 1.40. The number of nitrogens with one attached hydrogen (secondary N) is 1. The van der Waals surface area contributed by atoms with Crippen LogP contribution >= 0.6 is 27.5 Å². The number of halogens is 2. The fraction of sp³-hybridized carbons (Fsp3) is 0.250. The lowest BCUT2D eigenvalue weighted by Crippen LogP contribution is -2.07. The molecule has 2 rings (SSSR count). The van der Waals surface area contributed by atoms with Crippen LogP contribution in [0.2, 0.25) is 5.02 Å². The average Bonchev–Trinajstić information content (AvgIpc) is 2.39. The van der Waals surface area contributed by atoms with Gasteiger partial charge in [0.25, 0.3) is 0 Å². The van der Waals surface area contributed by atoms with Crippen molar-refractivity contribution in [3.05, 3.63) is 27.7 Å². The second kappa shape index (κ2) is 6.71. The molecule has 0 saturated heterocycles. The van der Waals surface area contributed by atoms with E-state index in [2.05, 4.69) is 36.2 Å². The molecule has 0 saturated carbocycles. The first-order chi connectivity index (χ1) is 9.58. The molecule has 20 heavy (non-hydrogen) atoms. The number of ether oxygens (including phenoxy) is 1. The first-order valence-electron chi connectivity index (χ1n) is 5.95. The fourth-order valence-corrected chi connectivity index (χ4v) is 2.12. The number of anilines is 3. The largest absolute Gasteiger partial charge is 0.463 e. The second-order valence-electron chi connectivity index (χ2n) is 3.90. The Balaban J connectivity index is 2.21. The van der Waals surface area contributed by atoms with Crippen molar-refractivity contribution in [2.45, 2.75) is 13.3 Å². The van der Waals surface area contributed by atoms with E-state index in [0.29, 0.717) is 17.3 Å². The van der Waals surface area contributed by atoms with Crippen LogP contribution in [-0.2, 0) is 0 Å². The van der Waals surface area contributed by atoms with Crippen molar-refractivity contribution >= 4 is 45.1 Å². The third-order valence-corrected chi connectivity index (χ3v) is 3.05. The van der Waals surface area contributed by atoms with E-state index in [9.17, 15) is 0 Å². The van der Waals surface area contributed by atoms with Gasteiger partial charge in [0.15, 0.2) is 0 Å². The summed E-state index contributed by atoms with van der Waals surface area (Å²) in [7, 11) is 0. The quantitative estimate of drug-likeness (QED) is 0.852. The number of nitrogens with two attached hydrogens (primary N) is 1. The summed E-state index contributed by atoms with van der Waals surface area (Å²) in [5, 5.41) is 3.52. The van der Waals surface area contributed by atoms with Gasteiger partial charge in [0.1, 0.15) is 0 Å². The van der Waals surface area contributed by atoms with E-state index < -0.39 is 0 Å². The zero-order valence-corrected chi connectivity index (χ0v) is 13.1. The summed E-state index contributed by atoms with van der Waals surface area (Å²) in [6.07, 6.45) is 0.854. The topological polar surface area (TPSA) is 86.0 Å². The molecule has 0 spiro atoms. The molecule has 8 heteroatoms. The number of benzene rings is 1. The number of rotatable bonds is 5. The minimum Gasteiger partial charge on any atom is -0.463 e. The van der Waals surface area contributed by atoms with Gasteiger partial charge in [0.05, 0.1) is 17.3 Å². The Kier molecular flexibility index (Phi) is 4.97. The number of nitrogen functional groups attached to an aromatic ring is 1. The van der Waals surface area contributed by atoms with Crippen molar-refractivity contribution < 1.29 is 4.74 Å². The standard InChI is InChI=1S/C12H13BrClN5O/c1-2-5-20-12-18-10(15)17-11(19-12)16-9-4-3-7(13)6-8(9)14/h3-4,6H,2,5H2,1H3,(H3,15,16,17,18,19). The predicted octanol–water partition coefficient (Wildman–Crippen LogP) is 3.40. The highest BCUT2D eigenvalue weighted by Crippen LogP contribution is 2.27. The van der Waals surface area contributed by atoms with Gasteiger partial charge in [-0.25, -0.2) is 0 Å². The maximum Gasteiger partial charge on any atom is 0.323 e. The lowest BCUT2D eigenvalue weighted by molar-refractivity contribution is 0.292. The molecule has 2 aromatic rings. The molecule has 1 heterocycles. The minimum atomic E-state index is 0.0850. The maximum atomic E-state index is 6.12. The van der Waals surface area contributed by atoms with Crippen molar-refractivity contribution in [1.29, 1.82) is 0 Å². The lowest BCUT2D eigenvalue weighted by atomic mass is 10.3. The lowest BCUT2D eigenvalue weighted by Gasteiger charge is -2.09. The van der Waals surface area contributed by atoms with Crippen molar-refractivity contribution in [2.75, 3.05) is 17.7 Å². The molecular weight excluding hydrogens is 346 g/mol. The van der Waals surface area contributed by atoms with E-state index in [1.165, 1.54) is 0 Å². The summed E-state index contributed by atoms with van der Waals surface area (Å²) in [5.74, 6) is 0.370. The normalized spacial score (nSPS) is 10.3. The van der Waals surface area contributed by atoms with Crippen molar-refractivity contribution in [3.63, 3.8) is 0 Å². The third-order valence-electron chi connectivity index (χ3n) is 2.25. The molecule has 0 aliphatic heterocycles. The molecule has 3 N–H and O–H groups in total. The van der Waals surface area contributed by atoms with E-state index in [-0.39, 0.29) is 17.9 Å². The summed E-state index contributed by atoms with van der Waals surface area (Å²) in [4.78, 5) is 12.0. The number of hydrogen-bond donors (Lipinski definition) is 2. The molecule has 0 fully saturated rings. The van der Waals surface area contributed by atoms with Crippen LogP contribution in [0.3, 0.4) is 0 Å². The Hall–Kier alpha value is -1.60. The molecular formula is C12H13BrClN5O. The van der Waals surface area contributed by atoms with Gasteiger partial charge in [0, 0.05) is 4.47 Å². The predicted molar refractivity (Wildman–Crippen MR) is 82.5 cm³/mol. The highest BCUT2D eigenvalue weighted by Gasteiger charge is 2.08. The molecule has 1 aromatic carbocycles. The van der Waals surface area contributed by atoms with Crippen LogP contribution in [0.5, 0.6) is 6.01 Å². The maximum absolute atomic E-state index is 6.12. The Bertz CT molecular complexity index is 610. The molecule has 106 valence electrons. The van der Waals surface area contributed by atoms with Gasteiger partial charge in [-0.15, -0.1) is 0 Å². The van der Waals surface area contributed by atoms with Gasteiger partial charge in [-0.2, -0.15) is 15.0 Å². The first-order valence-corrected chi connectivity index (χ1v) is 7.12. The molecule has 1 aromatic heterocycles. The van der Waals surface area contributed by atoms with Gasteiger partial charge in [-0.05, 0) is 24.6 Å². The Morgan fingerprint density at radius 2 is 2.15 bits per heavy atom. The third kappa shape index (κ3) is 3.94. The summed E-state index contributed by atoms with van der Waals surface area (Å²) in [6, 6.07) is 5.62. The Labute approximate surface area is 129 Å². The second-order valence-corrected chi connectivity index (χ2v) is 5.22. The van der Waals surface area contributed by atoms with Crippen LogP contribution < -0.4 is 15.8 Å². The Morgan fingerprint density at radius 3 is 2.85 bits per heavy atom. The van der Waals surface area contributed by atoms with Gasteiger partial charge < -0.3 is 15.8 Å². The molecule has 0 aliphatic carbocycles. The van der Waals surface area contributed by atoms with Gasteiger partial charge >= 0.3 is 6.01 Å². The SMILES string of the molecule is CCCOc1nc(N)nc(Nc2ccc(Br)cc2Cl)n1. The van der Waals surface area contributed by atoms with Gasteiger partial charge in [0.2, 0.25) is 11.9 Å². The van der Waals surface area contributed by atoms with Gasteiger partial charge in [-0.1, -0.05) is 34.5 Å². The summed E-state index contributed by atoms with van der Waals surface area (Å²) in [5.41, 5.74) is 6.29. The van der Waals surface area contributed by atoms with Crippen molar-refractivity contribution in [2.24, 2.45) is 0 Å². The van der Waals surface area contributed by atoms with Crippen LogP contribution in [-0.4, -0.2) is 21.6 Å². The van der Waals surface area contributed by atoms with Crippen LogP contribution in [0.15, 0.2) is 22.7 Å². The average molecular weight is 359 g/mol. The number of hydrogen-bond acceptors (Lipinski definition) is 6. The minimum absolute atomic E-state index is 0.0850. The highest BCUT2D eigenvalue weighted by atomic mass is 79.9. The molecule has 0 amide bonds. The highest BCUT2D eigenvalue weighted by molar-refractivity contribution is 9.10. The van der Waals surface area contributed by atoms with E-state index in [1.807, 2.05) is 13.0 Å². The van der Waals surface area contributed by atoms with Crippen molar-refractivity contribution in [1.82, 2.24) is 15.0 Å². The monoisotopic (exact) mass is 357 g/mol. The molecule has 6 nitrogen and oxygen atoms in total. The molecule has 0 unspecified atom stereocenters. The Morgan fingerprint density at radius 1 is 1.35 bits per heavy atom. The van der Waals surface area contributed by atoms with E-state index in [4.69, 9.17) is 22.1 Å². The van der Waals surface area contributed by atoms with Crippen LogP contribution in [0.4, 0.5) is 17.6 Å². The molecule has 0 bridgehead atoms. The summed E-state index contributed by atoms with van der Waals surface area (Å²) >= 11 is 9.46. The van der Waals surface area contributed by atoms with E-state index >= 15 is 0 Å². The van der Waals surface area contributed by atoms with Gasteiger partial charge in [-0.3, -0.25) is 0 Å². The molecule has 0 atom stereocenters. The zero-order valence-electron chi connectivity index (χ0n) is 10.7. The molecule has 0 aliphatic rings. The van der Waals surface area contributed by atoms with E-state index in [0.717, 1.165) is 10.9 Å². The number of nitrogens with zero attached hydrogens (tertiary/aromatic N) is 3. The van der Waals surface area contributed by atoms with Crippen LogP contribution in [0, 0.1) is 0 Å². The summed E-state index contributed by atoms with van der Waals surface area (Å²) < 4.78 is 6.23. The van der Waals surface area contributed by atoms with Crippen LogP contribution in [0.1, 0.15) is 13.3 Å². The van der Waals surface area contributed by atoms with E-state index in [1.54, 1.807) is 12.1 Å². The first kappa shape index (κ1) is 14.8. The number of aromatic nitrogens is 3. The van der Waals surface area contributed by atoms with Crippen molar-refractivity contribution in [3.8, 4) is 6.01 Å². The van der Waals surface area contributed by atoms with Crippen LogP contribution in [0.25, 0.3) is 0 Å².